The zero-order valence-electron chi connectivity index (χ0n) is 11.8. The number of hydrogen-bond acceptors (Lipinski definition) is 2. The van der Waals surface area contributed by atoms with E-state index in [4.69, 9.17) is 0 Å². The first kappa shape index (κ1) is 14.8. The van der Waals surface area contributed by atoms with Gasteiger partial charge < -0.3 is 5.32 Å². The van der Waals surface area contributed by atoms with E-state index in [1.165, 1.54) is 31.2 Å². The van der Waals surface area contributed by atoms with E-state index in [1.54, 1.807) is 11.3 Å². The van der Waals surface area contributed by atoms with Crippen molar-refractivity contribution in [3.05, 3.63) is 56.7 Å². The van der Waals surface area contributed by atoms with E-state index in [2.05, 4.69) is 38.1 Å². The second-order valence-corrected chi connectivity index (χ2v) is 7.30. The van der Waals surface area contributed by atoms with Crippen LogP contribution in [0.2, 0.25) is 0 Å². The highest BCUT2D eigenvalue weighted by atomic mass is 79.9. The molecule has 1 fully saturated rings. The Morgan fingerprint density at radius 3 is 2.67 bits per heavy atom. The Labute approximate surface area is 137 Å². The smallest absolute Gasteiger partial charge is 0.252 e. The van der Waals surface area contributed by atoms with E-state index in [0.717, 1.165) is 11.0 Å². The lowest BCUT2D eigenvalue weighted by atomic mass is 9.80. The molecule has 3 rings (SSSR count). The van der Waals surface area contributed by atoms with Crippen molar-refractivity contribution < 1.29 is 4.79 Å². The topological polar surface area (TPSA) is 29.1 Å². The fourth-order valence-electron chi connectivity index (χ4n) is 3.18. The van der Waals surface area contributed by atoms with Crippen molar-refractivity contribution in [2.24, 2.45) is 0 Å². The minimum atomic E-state index is 0.00368. The van der Waals surface area contributed by atoms with Gasteiger partial charge in [0.1, 0.15) is 0 Å². The summed E-state index contributed by atoms with van der Waals surface area (Å²) in [6.07, 6.45) is 4.83. The van der Waals surface area contributed by atoms with Gasteiger partial charge in [-0.25, -0.2) is 0 Å². The molecule has 1 heterocycles. The molecular weight excluding hydrogens is 346 g/mol. The van der Waals surface area contributed by atoms with Crippen LogP contribution in [0.3, 0.4) is 0 Å². The average molecular weight is 364 g/mol. The van der Waals surface area contributed by atoms with Crippen molar-refractivity contribution in [1.29, 1.82) is 0 Å². The standard InChI is InChI=1S/C17H18BrNOS/c18-15-6-2-1-5-14(15)16(20)19-12-17(8-3-4-9-17)13-7-10-21-11-13/h1-2,5-7,10-11H,3-4,8-9,12H2,(H,19,20). The fraction of sp³-hybridized carbons (Fsp3) is 0.353. The Morgan fingerprint density at radius 2 is 2.00 bits per heavy atom. The molecule has 1 aliphatic rings. The number of halogens is 1. The predicted molar refractivity (Wildman–Crippen MR) is 90.9 cm³/mol. The summed E-state index contributed by atoms with van der Waals surface area (Å²) in [4.78, 5) is 12.4. The number of carbonyl (C=O) groups is 1. The number of benzene rings is 1. The van der Waals surface area contributed by atoms with Crippen LogP contribution >= 0.6 is 27.3 Å². The molecule has 110 valence electrons. The van der Waals surface area contributed by atoms with Crippen LogP contribution in [0.4, 0.5) is 0 Å². The van der Waals surface area contributed by atoms with Crippen molar-refractivity contribution >= 4 is 33.2 Å². The second-order valence-electron chi connectivity index (χ2n) is 5.66. The second kappa shape index (κ2) is 6.32. The maximum Gasteiger partial charge on any atom is 0.252 e. The van der Waals surface area contributed by atoms with Crippen LogP contribution in [0.25, 0.3) is 0 Å². The molecule has 0 bridgehead atoms. The van der Waals surface area contributed by atoms with Gasteiger partial charge in [0.15, 0.2) is 0 Å². The molecule has 1 saturated carbocycles. The van der Waals surface area contributed by atoms with Crippen LogP contribution in [0, 0.1) is 0 Å². The molecule has 21 heavy (non-hydrogen) atoms. The number of carbonyl (C=O) groups excluding carboxylic acids is 1. The molecule has 0 saturated heterocycles. The van der Waals surface area contributed by atoms with Crippen LogP contribution in [0.15, 0.2) is 45.6 Å². The van der Waals surface area contributed by atoms with Gasteiger partial charge in [-0.2, -0.15) is 11.3 Å². The molecule has 1 amide bonds. The molecule has 2 aromatic rings. The minimum absolute atomic E-state index is 0.00368. The summed E-state index contributed by atoms with van der Waals surface area (Å²) in [7, 11) is 0. The number of hydrogen-bond donors (Lipinski definition) is 1. The van der Waals surface area contributed by atoms with Gasteiger partial charge in [0, 0.05) is 16.4 Å². The summed E-state index contributed by atoms with van der Waals surface area (Å²) in [5.74, 6) is 0.00368. The van der Waals surface area contributed by atoms with Crippen LogP contribution in [0.1, 0.15) is 41.6 Å². The first-order chi connectivity index (χ1) is 10.2. The maximum absolute atomic E-state index is 12.4. The molecular formula is C17H18BrNOS. The highest BCUT2D eigenvalue weighted by Crippen LogP contribution is 2.41. The third kappa shape index (κ3) is 3.06. The quantitative estimate of drug-likeness (QED) is 0.833. The normalized spacial score (nSPS) is 16.8. The first-order valence-electron chi connectivity index (χ1n) is 7.27. The highest BCUT2D eigenvalue weighted by molar-refractivity contribution is 9.10. The molecule has 0 atom stereocenters. The summed E-state index contributed by atoms with van der Waals surface area (Å²) in [5, 5.41) is 7.51. The number of nitrogens with one attached hydrogen (secondary N) is 1. The summed E-state index contributed by atoms with van der Waals surface area (Å²) >= 11 is 5.18. The monoisotopic (exact) mass is 363 g/mol. The van der Waals surface area contributed by atoms with Crippen LogP contribution in [-0.4, -0.2) is 12.5 Å². The highest BCUT2D eigenvalue weighted by Gasteiger charge is 2.36. The van der Waals surface area contributed by atoms with Gasteiger partial charge in [0.05, 0.1) is 5.56 Å². The Hall–Kier alpha value is -1.13. The Morgan fingerprint density at radius 1 is 1.24 bits per heavy atom. The van der Waals surface area contributed by atoms with Crippen molar-refractivity contribution in [3.8, 4) is 0 Å². The fourth-order valence-corrected chi connectivity index (χ4v) is 4.42. The van der Waals surface area contributed by atoms with Crippen molar-refractivity contribution in [2.45, 2.75) is 31.1 Å². The van der Waals surface area contributed by atoms with Crippen LogP contribution in [0.5, 0.6) is 0 Å². The lowest BCUT2D eigenvalue weighted by Crippen LogP contribution is -2.38. The third-order valence-corrected chi connectivity index (χ3v) is 5.77. The molecule has 0 unspecified atom stereocenters. The van der Waals surface area contributed by atoms with Gasteiger partial charge in [0.2, 0.25) is 0 Å². The number of amides is 1. The summed E-state index contributed by atoms with van der Waals surface area (Å²) in [6, 6.07) is 9.78. The van der Waals surface area contributed by atoms with Crippen molar-refractivity contribution in [2.75, 3.05) is 6.54 Å². The number of thiophene rings is 1. The summed E-state index contributed by atoms with van der Waals surface area (Å²) < 4.78 is 0.846. The summed E-state index contributed by atoms with van der Waals surface area (Å²) in [6.45, 7) is 0.726. The van der Waals surface area contributed by atoms with E-state index in [9.17, 15) is 4.79 Å². The Bertz CT molecular complexity index is 617. The Kier molecular flexibility index (Phi) is 4.45. The zero-order valence-corrected chi connectivity index (χ0v) is 14.2. The van der Waals surface area contributed by atoms with E-state index < -0.39 is 0 Å². The minimum Gasteiger partial charge on any atom is -0.351 e. The van der Waals surface area contributed by atoms with Gasteiger partial charge in [-0.3, -0.25) is 4.79 Å². The van der Waals surface area contributed by atoms with Gasteiger partial charge in [0.25, 0.3) is 5.91 Å². The van der Waals surface area contributed by atoms with E-state index in [0.29, 0.717) is 5.56 Å². The molecule has 1 N–H and O–H groups in total. The largest absolute Gasteiger partial charge is 0.351 e. The van der Waals surface area contributed by atoms with Crippen LogP contribution < -0.4 is 5.32 Å². The third-order valence-electron chi connectivity index (χ3n) is 4.40. The van der Waals surface area contributed by atoms with Gasteiger partial charge in [-0.05, 0) is 63.3 Å². The molecule has 0 radical (unpaired) electrons. The summed E-state index contributed by atoms with van der Waals surface area (Å²) in [5.41, 5.74) is 2.23. The van der Waals surface area contributed by atoms with E-state index in [1.807, 2.05) is 24.3 Å². The Balaban J connectivity index is 1.74. The molecule has 0 aliphatic heterocycles. The molecule has 1 aromatic carbocycles. The average Bonchev–Trinajstić information content (AvgIpc) is 3.17. The molecule has 2 nitrogen and oxygen atoms in total. The lowest BCUT2D eigenvalue weighted by Gasteiger charge is -2.28. The first-order valence-corrected chi connectivity index (χ1v) is 9.00. The van der Waals surface area contributed by atoms with Crippen molar-refractivity contribution in [3.63, 3.8) is 0 Å². The van der Waals surface area contributed by atoms with Crippen LogP contribution in [-0.2, 0) is 5.41 Å². The van der Waals surface area contributed by atoms with Gasteiger partial charge >= 0.3 is 0 Å². The van der Waals surface area contributed by atoms with E-state index >= 15 is 0 Å². The zero-order chi connectivity index (χ0) is 14.7. The van der Waals surface area contributed by atoms with Gasteiger partial charge in [-0.15, -0.1) is 0 Å². The molecule has 1 aromatic heterocycles. The predicted octanol–water partition coefficient (Wildman–Crippen LogP) is 4.75. The van der Waals surface area contributed by atoms with Crippen molar-refractivity contribution in [1.82, 2.24) is 5.32 Å². The SMILES string of the molecule is O=C(NCC1(c2ccsc2)CCCC1)c1ccccc1Br. The molecule has 4 heteroatoms. The maximum atomic E-state index is 12.4. The molecule has 1 aliphatic carbocycles. The van der Waals surface area contributed by atoms with Gasteiger partial charge in [-0.1, -0.05) is 25.0 Å². The van der Waals surface area contributed by atoms with E-state index in [-0.39, 0.29) is 11.3 Å². The lowest BCUT2D eigenvalue weighted by molar-refractivity contribution is 0.0942. The molecule has 0 spiro atoms. The number of rotatable bonds is 4.